The summed E-state index contributed by atoms with van der Waals surface area (Å²) in [6.45, 7) is 51.2. The van der Waals surface area contributed by atoms with Gasteiger partial charge in [-0.05, 0) is 266 Å². The summed E-state index contributed by atoms with van der Waals surface area (Å²) in [5.41, 5.74) is 7.02. The summed E-state index contributed by atoms with van der Waals surface area (Å²) in [5.74, 6) is 2.28. The molecule has 14 aliphatic rings. The molecule has 0 radical (unpaired) electrons. The highest BCUT2D eigenvalue weighted by atomic mass is 28.4. The lowest BCUT2D eigenvalue weighted by atomic mass is 9.52. The molecule has 10 bridgehead atoms. The standard InChI is InChI=1S/C30H51NO6Si2.C23H38O5Si2.C18H26O5.C7H20Si2/c1-17(19(3)31(5)6)29(33)35-24-13-20-11-21(18(24)2)27-28(32)30(4)23(12-20)22-15-34-25(22)14-26(30)36-38(7,8)16-39(9,10)37-27;1-13-15-7-14(9-18(13)24)8-17-16-11-26-19(16)10-20-23(17,2)22(25)21(15)28-30(5,6)12-29(3,4)27-20;1-8-10-3-9(5-13(8)19)4-12-11-7-23-14(11)6-15(20)18(12,2)17(22)16(10)21;1-8(2,3)7-9(4,5)6/h17,19-20,22-27H,11-16H2,1-10H3;14,16-21,24H,7-12H2,1-6H3;9,11-16,19-21H,3-7H2,1-2H3;7H2,1-6H3/t17-,19+,20-,22-,23+,24+,25+,26+,27-,30+;14-,16-,17+,18+,19+,20+,21-,23+;9-,11-,12+,13+,14+,15+,16-,18+;/m111./s1. The Morgan fingerprint density at radius 2 is 0.881 bits per heavy atom. The van der Waals surface area contributed by atoms with Crippen LogP contribution in [0.5, 0.6) is 0 Å². The molecule has 17 nitrogen and oxygen atoms in total. The van der Waals surface area contributed by atoms with E-state index in [2.05, 4.69) is 124 Å². The van der Waals surface area contributed by atoms with Crippen LogP contribution in [0.3, 0.4) is 0 Å². The van der Waals surface area contributed by atoms with E-state index in [0.29, 0.717) is 55.1 Å². The summed E-state index contributed by atoms with van der Waals surface area (Å²) >= 11 is 0. The van der Waals surface area contributed by atoms with Crippen molar-refractivity contribution in [2.24, 2.45) is 75.4 Å². The molecule has 11 fully saturated rings. The number of carbonyl (C=O) groups is 4. The third-order valence-corrected chi connectivity index (χ3v) is 53.8. The molecule has 572 valence electrons. The Morgan fingerprint density at radius 1 is 0.515 bits per heavy atom. The smallest absolute Gasteiger partial charge is 0.310 e. The number of nitrogens with zero attached hydrogens (tertiary/aromatic N) is 1. The molecular weight excluding hydrogens is 1380 g/mol. The Bertz CT molecular complexity index is 3240. The van der Waals surface area contributed by atoms with Crippen molar-refractivity contribution in [3.63, 3.8) is 0 Å². The number of aliphatic hydroxyl groups excluding tert-OH is 4. The maximum atomic E-state index is 14.9. The highest BCUT2D eigenvalue weighted by Gasteiger charge is 2.68. The summed E-state index contributed by atoms with van der Waals surface area (Å²) in [5, 5.41) is 42.5. The molecule has 5 saturated heterocycles. The third-order valence-electron chi connectivity index (χ3n) is 28.1. The predicted molar refractivity (Wildman–Crippen MR) is 410 cm³/mol. The summed E-state index contributed by atoms with van der Waals surface area (Å²) in [4.78, 5) is 57.8. The van der Waals surface area contributed by atoms with Gasteiger partial charge in [-0.15, -0.1) is 0 Å². The Labute approximate surface area is 613 Å². The molecule has 5 heterocycles. The number of ether oxygens (including phenoxy) is 4. The molecule has 6 saturated carbocycles. The lowest BCUT2D eigenvalue weighted by molar-refractivity contribution is -0.228. The predicted octanol–water partition coefficient (Wildman–Crippen LogP) is 12.8. The fourth-order valence-corrected chi connectivity index (χ4v) is 57.6. The molecule has 0 aromatic carbocycles. The van der Waals surface area contributed by atoms with Crippen LogP contribution in [-0.2, 0) is 55.8 Å². The topological polar surface area (TPSA) is 226 Å². The van der Waals surface area contributed by atoms with E-state index in [1.807, 2.05) is 34.9 Å². The zero-order valence-electron chi connectivity index (χ0n) is 66.6. The van der Waals surface area contributed by atoms with Gasteiger partial charge in [-0.25, -0.2) is 0 Å². The van der Waals surface area contributed by atoms with E-state index >= 15 is 0 Å². The van der Waals surface area contributed by atoms with Gasteiger partial charge < -0.3 is 62.0 Å². The van der Waals surface area contributed by atoms with Gasteiger partial charge in [-0.2, -0.15) is 0 Å². The Hall–Kier alpha value is -1.48. The molecule has 0 spiro atoms. The van der Waals surface area contributed by atoms with E-state index in [1.165, 1.54) is 0 Å². The first kappa shape index (κ1) is 80.5. The van der Waals surface area contributed by atoms with E-state index in [0.717, 1.165) is 110 Å². The first-order valence-corrected chi connectivity index (χ1v) is 59.2. The van der Waals surface area contributed by atoms with Gasteiger partial charge in [0.15, 0.2) is 50.6 Å². The minimum absolute atomic E-state index is 0.0179. The average Bonchev–Trinajstić information content (AvgIpc) is 1.61. The van der Waals surface area contributed by atoms with E-state index in [4.69, 9.17) is 36.7 Å². The summed E-state index contributed by atoms with van der Waals surface area (Å²) < 4.78 is 51.9. The van der Waals surface area contributed by atoms with E-state index < -0.39 is 102 Å². The molecule has 9 aliphatic carbocycles. The first-order valence-electron chi connectivity index (χ1n) is 39.4. The number of hydrogen-bond donors (Lipinski definition) is 4. The molecule has 0 aromatic rings. The maximum absolute atomic E-state index is 14.9. The zero-order chi connectivity index (χ0) is 74.5. The first-order chi connectivity index (χ1) is 46.5. The van der Waals surface area contributed by atoms with Crippen molar-refractivity contribution in [2.45, 2.75) is 320 Å². The summed E-state index contributed by atoms with van der Waals surface area (Å²) in [6.07, 6.45) is 5.37. The molecule has 4 N–H and O–H groups in total. The zero-order valence-corrected chi connectivity index (χ0v) is 72.6. The van der Waals surface area contributed by atoms with E-state index in [-0.39, 0.29) is 101 Å². The molecule has 23 heteroatoms. The van der Waals surface area contributed by atoms with Crippen LogP contribution in [0.1, 0.15) is 132 Å². The quantitative estimate of drug-likeness (QED) is 0.110. The van der Waals surface area contributed by atoms with Crippen LogP contribution in [0.2, 0.25) is 109 Å². The summed E-state index contributed by atoms with van der Waals surface area (Å²) in [6, 6.07) is 0.0774. The highest BCUT2D eigenvalue weighted by Crippen LogP contribution is 2.62. The fourth-order valence-electron chi connectivity index (χ4n) is 23.1. The second kappa shape index (κ2) is 28.8. The number of ketones is 3. The van der Waals surface area contributed by atoms with Crippen molar-refractivity contribution < 1.29 is 76.3 Å². The SMILES string of the molecule is CC1=C2C[C@@H](C[C@@H]1O)C[C@H]1[C@H]3CO[C@H]3C[C@@H]3O[Si](C)(C)C[Si](C)(C)O[C@H]2C(=O)[C@]31C.CC1=C2C[C@@H](C[C@@H]1O)C[C@H]1[C@H]3CO[C@H]3C[C@H](O)[C@@]1(C)C(=O)[C@@H]2O.CC1=C2C[C@@H](C[C@@H]1OC(=O)[C@H](C)[C@H](C)N(C)C)C[C@H]1[C@H]3CO[C@H]3C[C@@H]3O[Si](C)(C)C[Si](C)(C)O[C@H]2C(=O)[C@]31C.C[Si](C)(C)C[Si](C)(C)C. The summed E-state index contributed by atoms with van der Waals surface area (Å²) in [7, 11) is -5.97. The van der Waals surface area contributed by atoms with Crippen molar-refractivity contribution in [3.05, 3.63) is 33.4 Å². The van der Waals surface area contributed by atoms with Gasteiger partial charge in [0.25, 0.3) is 0 Å². The number of carbonyl (C=O) groups excluding carboxylic acids is 4. The second-order valence-corrected chi connectivity index (χ2v) is 70.1. The van der Waals surface area contributed by atoms with Crippen molar-refractivity contribution in [3.8, 4) is 0 Å². The molecule has 5 aliphatic heterocycles. The number of esters is 1. The average molecular weight is 1510 g/mol. The molecule has 0 amide bonds. The van der Waals surface area contributed by atoms with Crippen LogP contribution in [-0.4, -0.2) is 211 Å². The molecule has 26 atom stereocenters. The number of Topliss-reactive ketones (excluding diaryl/α,β-unsaturated/α-hetero) is 3. The van der Waals surface area contributed by atoms with Gasteiger partial charge in [0.1, 0.15) is 24.4 Å². The molecular formula is C78H135NO16Si6. The van der Waals surface area contributed by atoms with Crippen LogP contribution in [0.4, 0.5) is 0 Å². The Balaban J connectivity index is 0.000000147. The molecule has 14 rings (SSSR count). The van der Waals surface area contributed by atoms with Crippen molar-refractivity contribution in [2.75, 3.05) is 33.9 Å². The lowest BCUT2D eigenvalue weighted by Gasteiger charge is -2.59. The van der Waals surface area contributed by atoms with Crippen LogP contribution in [0.25, 0.3) is 0 Å². The van der Waals surface area contributed by atoms with Crippen LogP contribution < -0.4 is 0 Å². The third kappa shape index (κ3) is 15.7. The largest absolute Gasteiger partial charge is 0.458 e. The number of hydrogen-bond acceptors (Lipinski definition) is 17. The van der Waals surface area contributed by atoms with E-state index in [9.17, 15) is 39.6 Å². The second-order valence-electron chi connectivity index (χ2n) is 40.6. The van der Waals surface area contributed by atoms with Crippen molar-refractivity contribution in [1.29, 1.82) is 0 Å². The van der Waals surface area contributed by atoms with Gasteiger partial charge in [-0.1, -0.05) is 51.9 Å². The Kier molecular flexibility index (Phi) is 22.9. The normalized spacial score (nSPS) is 44.4. The molecule has 101 heavy (non-hydrogen) atoms. The van der Waals surface area contributed by atoms with Crippen LogP contribution in [0, 0.1) is 75.4 Å². The minimum atomic E-state index is -2.24. The van der Waals surface area contributed by atoms with Gasteiger partial charge in [0.2, 0.25) is 0 Å². The molecule has 0 unspecified atom stereocenters. The van der Waals surface area contributed by atoms with Crippen LogP contribution in [0.15, 0.2) is 33.4 Å². The van der Waals surface area contributed by atoms with Gasteiger partial charge in [-0.3, -0.25) is 19.2 Å². The van der Waals surface area contributed by atoms with Crippen LogP contribution >= 0.6 is 0 Å². The fraction of sp³-hybridized carbons (Fsp3) is 0.872. The van der Waals surface area contributed by atoms with Gasteiger partial charge in [0, 0.05) is 46.4 Å². The van der Waals surface area contributed by atoms with Gasteiger partial charge in [0.05, 0.1) is 90.8 Å². The van der Waals surface area contributed by atoms with E-state index in [1.54, 1.807) is 12.6 Å². The number of aliphatic hydroxyl groups is 4. The Morgan fingerprint density at radius 3 is 1.27 bits per heavy atom. The highest BCUT2D eigenvalue weighted by molar-refractivity contribution is 6.94. The monoisotopic (exact) mass is 1510 g/mol. The maximum Gasteiger partial charge on any atom is 0.310 e. The molecule has 0 aromatic heterocycles. The van der Waals surface area contributed by atoms with Crippen molar-refractivity contribution in [1.82, 2.24) is 4.90 Å². The minimum Gasteiger partial charge on any atom is -0.458 e. The van der Waals surface area contributed by atoms with Gasteiger partial charge >= 0.3 is 5.97 Å². The van der Waals surface area contributed by atoms with Crippen molar-refractivity contribution >= 4 is 72.7 Å². The number of fused-ring (bicyclic) bond motifs is 17. The lowest BCUT2D eigenvalue weighted by Crippen LogP contribution is -2.66. The number of rotatable bonds is 6.